The van der Waals surface area contributed by atoms with Gasteiger partial charge in [-0.3, -0.25) is 9.59 Å². The molecule has 1 aliphatic rings. The van der Waals surface area contributed by atoms with E-state index in [0.29, 0.717) is 30.8 Å². The van der Waals surface area contributed by atoms with Gasteiger partial charge in [-0.05, 0) is 67.9 Å². The highest BCUT2D eigenvalue weighted by Crippen LogP contribution is 2.40. The Kier molecular flexibility index (Phi) is 8.93. The van der Waals surface area contributed by atoms with Gasteiger partial charge in [0, 0.05) is 18.7 Å². The van der Waals surface area contributed by atoms with Crippen molar-refractivity contribution in [3.8, 4) is 11.5 Å². The van der Waals surface area contributed by atoms with Gasteiger partial charge in [0.1, 0.15) is 17.3 Å². The molecule has 1 saturated heterocycles. The number of Topliss-reactive ketones (excluding diaryl/α,β-unsaturated/α-hetero) is 1. The van der Waals surface area contributed by atoms with Gasteiger partial charge in [0.25, 0.3) is 11.7 Å². The van der Waals surface area contributed by atoms with E-state index in [1.807, 2.05) is 20.8 Å². The van der Waals surface area contributed by atoms with Crippen molar-refractivity contribution >= 4 is 17.4 Å². The zero-order valence-corrected chi connectivity index (χ0v) is 21.1. The molecule has 7 nitrogen and oxygen atoms in total. The summed E-state index contributed by atoms with van der Waals surface area (Å²) in [6, 6.07) is 10.9. The maximum atomic E-state index is 13.2. The van der Waals surface area contributed by atoms with E-state index in [0.717, 1.165) is 37.2 Å². The van der Waals surface area contributed by atoms with E-state index in [9.17, 15) is 19.8 Å². The quantitative estimate of drug-likeness (QED) is 0.211. The molecule has 0 aliphatic carbocycles. The summed E-state index contributed by atoms with van der Waals surface area (Å²) in [5, 5.41) is 21.1. The van der Waals surface area contributed by atoms with Crippen LogP contribution in [-0.4, -0.2) is 64.5 Å². The predicted octanol–water partition coefficient (Wildman–Crippen LogP) is 4.64. The third-order valence-electron chi connectivity index (χ3n) is 6.50. The van der Waals surface area contributed by atoms with Crippen molar-refractivity contribution in [2.24, 2.45) is 0 Å². The number of phenols is 1. The highest BCUT2D eigenvalue weighted by atomic mass is 16.5. The molecular formula is C28H36N2O5. The lowest BCUT2D eigenvalue weighted by atomic mass is 9.94. The Hall–Kier alpha value is -3.32. The molecule has 0 radical (unpaired) electrons. The number of ketones is 1. The van der Waals surface area contributed by atoms with Gasteiger partial charge in [-0.2, -0.15) is 0 Å². The molecule has 1 aliphatic heterocycles. The predicted molar refractivity (Wildman–Crippen MR) is 136 cm³/mol. The van der Waals surface area contributed by atoms with Crippen molar-refractivity contribution in [2.75, 3.05) is 32.8 Å². The van der Waals surface area contributed by atoms with E-state index in [-0.39, 0.29) is 17.1 Å². The zero-order valence-electron chi connectivity index (χ0n) is 21.1. The summed E-state index contributed by atoms with van der Waals surface area (Å²) in [6.07, 6.45) is 1.98. The van der Waals surface area contributed by atoms with Crippen LogP contribution >= 0.6 is 0 Å². The molecule has 0 aromatic heterocycles. The first-order chi connectivity index (χ1) is 16.8. The highest BCUT2D eigenvalue weighted by Gasteiger charge is 2.46. The van der Waals surface area contributed by atoms with Crippen molar-refractivity contribution in [3.63, 3.8) is 0 Å². The van der Waals surface area contributed by atoms with Crippen molar-refractivity contribution in [2.45, 2.75) is 46.6 Å². The van der Waals surface area contributed by atoms with Gasteiger partial charge < -0.3 is 24.7 Å². The number of aliphatic hydroxyl groups excluding tert-OH is 1. The van der Waals surface area contributed by atoms with E-state index >= 15 is 0 Å². The van der Waals surface area contributed by atoms with Crippen LogP contribution in [0.3, 0.4) is 0 Å². The van der Waals surface area contributed by atoms with Crippen LogP contribution in [0.15, 0.2) is 48.0 Å². The van der Waals surface area contributed by atoms with Crippen molar-refractivity contribution in [1.29, 1.82) is 0 Å². The minimum absolute atomic E-state index is 0.0549. The first-order valence-corrected chi connectivity index (χ1v) is 12.4. The number of carbonyl (C=O) groups excluding carboxylic acids is 2. The van der Waals surface area contributed by atoms with E-state index < -0.39 is 17.7 Å². The van der Waals surface area contributed by atoms with Crippen LogP contribution < -0.4 is 4.74 Å². The molecule has 2 aromatic carbocycles. The molecule has 7 heteroatoms. The smallest absolute Gasteiger partial charge is 0.295 e. The highest BCUT2D eigenvalue weighted by molar-refractivity contribution is 6.46. The number of hydrogen-bond acceptors (Lipinski definition) is 6. The molecule has 0 spiro atoms. The lowest BCUT2D eigenvalue weighted by molar-refractivity contribution is -0.140. The van der Waals surface area contributed by atoms with E-state index in [1.165, 1.54) is 17.0 Å². The van der Waals surface area contributed by atoms with Gasteiger partial charge in [-0.1, -0.05) is 39.3 Å². The molecule has 1 unspecified atom stereocenters. The largest absolute Gasteiger partial charge is 0.508 e. The number of rotatable bonds is 11. The summed E-state index contributed by atoms with van der Waals surface area (Å²) in [5.41, 5.74) is 2.00. The molecule has 1 atom stereocenters. The molecule has 188 valence electrons. The number of aromatic hydroxyl groups is 1. The number of aryl methyl sites for hydroxylation is 1. The summed E-state index contributed by atoms with van der Waals surface area (Å²) in [5.74, 6) is -0.739. The van der Waals surface area contributed by atoms with Gasteiger partial charge in [0.2, 0.25) is 0 Å². The maximum Gasteiger partial charge on any atom is 0.295 e. The van der Waals surface area contributed by atoms with Crippen LogP contribution in [-0.2, 0) is 9.59 Å². The molecule has 2 aromatic rings. The Bertz CT molecular complexity index is 1070. The fourth-order valence-corrected chi connectivity index (χ4v) is 4.34. The number of aliphatic hydroxyl groups is 1. The summed E-state index contributed by atoms with van der Waals surface area (Å²) in [7, 11) is 0. The molecule has 0 saturated carbocycles. The van der Waals surface area contributed by atoms with Crippen LogP contribution in [0.4, 0.5) is 0 Å². The Labute approximate surface area is 207 Å². The summed E-state index contributed by atoms with van der Waals surface area (Å²) >= 11 is 0. The van der Waals surface area contributed by atoms with Crippen LogP contribution in [0, 0.1) is 6.92 Å². The topological polar surface area (TPSA) is 90.3 Å². The molecule has 1 heterocycles. The Morgan fingerprint density at radius 2 is 1.74 bits per heavy atom. The number of ether oxygens (including phenoxy) is 1. The van der Waals surface area contributed by atoms with E-state index in [1.54, 1.807) is 30.3 Å². The molecule has 3 rings (SSSR count). The van der Waals surface area contributed by atoms with E-state index in [4.69, 9.17) is 4.74 Å². The number of hydrogen-bond donors (Lipinski definition) is 2. The monoisotopic (exact) mass is 480 g/mol. The van der Waals surface area contributed by atoms with E-state index in [2.05, 4.69) is 11.8 Å². The van der Waals surface area contributed by atoms with Gasteiger partial charge in [0.15, 0.2) is 0 Å². The fourth-order valence-electron chi connectivity index (χ4n) is 4.34. The minimum atomic E-state index is -0.744. The number of carbonyl (C=O) groups is 2. The second-order valence-electron chi connectivity index (χ2n) is 8.79. The third-order valence-corrected chi connectivity index (χ3v) is 6.50. The molecule has 2 N–H and O–H groups in total. The standard InChI is InChI=1S/C28H36N2O5/c1-5-8-17-35-23-14-11-21(18-19(23)4)26(32)24-25(20-9-12-22(31)13-10-20)30(28(34)27(24)33)16-15-29(6-2)7-3/h9-14,18,25,31-32H,5-8,15-17H2,1-4H3/b26-24+. The second-order valence-corrected chi connectivity index (χ2v) is 8.79. The molecule has 0 bridgehead atoms. The first-order valence-electron chi connectivity index (χ1n) is 12.4. The van der Waals surface area contributed by atoms with Crippen LogP contribution in [0.25, 0.3) is 5.76 Å². The van der Waals surface area contributed by atoms with Gasteiger partial charge >= 0.3 is 0 Å². The second kappa shape index (κ2) is 11.9. The number of unbranched alkanes of at least 4 members (excludes halogenated alkanes) is 1. The first kappa shape index (κ1) is 26.3. The SMILES string of the molecule is CCCCOc1ccc(/C(O)=C2\C(=O)C(=O)N(CCN(CC)CC)C2c2ccc(O)cc2)cc1C. The average molecular weight is 481 g/mol. The number of nitrogens with zero attached hydrogens (tertiary/aromatic N) is 2. The molecular weight excluding hydrogens is 444 g/mol. The zero-order chi connectivity index (χ0) is 25.5. The average Bonchev–Trinajstić information content (AvgIpc) is 3.10. The number of benzene rings is 2. The molecule has 1 amide bonds. The van der Waals surface area contributed by atoms with Gasteiger partial charge in [0.05, 0.1) is 18.2 Å². The number of likely N-dealkylation sites (N-methyl/N-ethyl adjacent to an activating group) is 1. The van der Waals surface area contributed by atoms with Gasteiger partial charge in [-0.25, -0.2) is 0 Å². The molecule has 35 heavy (non-hydrogen) atoms. The number of amides is 1. The van der Waals surface area contributed by atoms with Gasteiger partial charge in [-0.15, -0.1) is 0 Å². The van der Waals surface area contributed by atoms with Crippen molar-refractivity contribution < 1.29 is 24.5 Å². The normalized spacial score (nSPS) is 17.4. The Morgan fingerprint density at radius 3 is 2.34 bits per heavy atom. The fraction of sp³-hybridized carbons (Fsp3) is 0.429. The Morgan fingerprint density at radius 1 is 1.06 bits per heavy atom. The summed E-state index contributed by atoms with van der Waals surface area (Å²) < 4.78 is 5.81. The van der Waals surface area contributed by atoms with Crippen LogP contribution in [0.2, 0.25) is 0 Å². The van der Waals surface area contributed by atoms with Crippen molar-refractivity contribution in [1.82, 2.24) is 9.80 Å². The summed E-state index contributed by atoms with van der Waals surface area (Å²) in [4.78, 5) is 30.0. The minimum Gasteiger partial charge on any atom is -0.508 e. The lowest BCUT2D eigenvalue weighted by Crippen LogP contribution is -2.38. The third kappa shape index (κ3) is 5.85. The van der Waals surface area contributed by atoms with Crippen LogP contribution in [0.1, 0.15) is 56.3 Å². The Balaban J connectivity index is 2.03. The number of likely N-dealkylation sites (tertiary alicyclic amines) is 1. The van der Waals surface area contributed by atoms with Crippen LogP contribution in [0.5, 0.6) is 11.5 Å². The lowest BCUT2D eigenvalue weighted by Gasteiger charge is -2.28. The number of phenolic OH excluding ortho intramolecular Hbond substituents is 1. The molecule has 1 fully saturated rings. The summed E-state index contributed by atoms with van der Waals surface area (Å²) in [6.45, 7) is 11.3. The van der Waals surface area contributed by atoms with Crippen molar-refractivity contribution in [3.05, 3.63) is 64.7 Å². The maximum absolute atomic E-state index is 13.2.